The minimum Gasteiger partial charge on any atom is -0.494 e. The molecule has 3 heteroatoms. The summed E-state index contributed by atoms with van der Waals surface area (Å²) in [6.45, 7) is 2.13. The minimum absolute atomic E-state index is 0.537. The van der Waals surface area contributed by atoms with E-state index < -0.39 is 0 Å². The maximum Gasteiger partial charge on any atom is 0.156 e. The molecule has 0 unspecified atom stereocenters. The van der Waals surface area contributed by atoms with Gasteiger partial charge in [-0.1, -0.05) is 54.8 Å². The number of hydrogen-bond donors (Lipinski definition) is 0. The van der Waals surface area contributed by atoms with Crippen LogP contribution < -0.4 is 4.74 Å². The lowest BCUT2D eigenvalue weighted by molar-refractivity contribution is 0.415. The monoisotopic (exact) mass is 244 g/mol. The molecule has 0 aromatic heterocycles. The van der Waals surface area contributed by atoms with Crippen LogP contribution in [0.5, 0.6) is 5.75 Å². The molecule has 0 N–H and O–H groups in total. The van der Waals surface area contributed by atoms with Gasteiger partial charge in [-0.05, 0) is 18.1 Å². The Kier molecular flexibility index (Phi) is 5.00. The number of halogens is 2. The molecule has 0 bridgehead atoms. The van der Waals surface area contributed by atoms with Crippen molar-refractivity contribution in [1.82, 2.24) is 0 Å². The second-order valence-electron chi connectivity index (χ2n) is 3.17. The zero-order valence-corrected chi connectivity index (χ0v) is 10.4. The van der Waals surface area contributed by atoms with Crippen LogP contribution in [-0.4, -0.2) is 7.11 Å². The van der Waals surface area contributed by atoms with Crippen LogP contribution in [-0.2, 0) is 0 Å². The molecule has 0 aliphatic carbocycles. The molecule has 0 heterocycles. The van der Waals surface area contributed by atoms with E-state index in [1.807, 2.05) is 12.1 Å². The Morgan fingerprint density at radius 3 is 2.67 bits per heavy atom. The number of unbranched alkanes of at least 4 members (excludes halogenated alkanes) is 1. The quantitative estimate of drug-likeness (QED) is 0.739. The van der Waals surface area contributed by atoms with Crippen molar-refractivity contribution < 1.29 is 4.74 Å². The van der Waals surface area contributed by atoms with Gasteiger partial charge in [-0.3, -0.25) is 0 Å². The fraction of sp³-hybridized carbons (Fsp3) is 0.333. The first-order valence-electron chi connectivity index (χ1n) is 4.89. The molecule has 82 valence electrons. The van der Waals surface area contributed by atoms with E-state index in [0.29, 0.717) is 15.8 Å². The van der Waals surface area contributed by atoms with E-state index in [1.54, 1.807) is 13.2 Å². The summed E-state index contributed by atoms with van der Waals surface area (Å²) < 4.78 is 5.12. The Labute approximate surface area is 101 Å². The van der Waals surface area contributed by atoms with Crippen molar-refractivity contribution >= 4 is 29.3 Å². The van der Waals surface area contributed by atoms with Crippen molar-refractivity contribution in [1.29, 1.82) is 0 Å². The Balaban J connectivity index is 3.00. The van der Waals surface area contributed by atoms with Gasteiger partial charge in [0.05, 0.1) is 17.2 Å². The Bertz CT molecular complexity index is 359. The summed E-state index contributed by atoms with van der Waals surface area (Å²) in [5, 5.41) is 1.10. The summed E-state index contributed by atoms with van der Waals surface area (Å²) in [5.41, 5.74) is 0.936. The number of rotatable bonds is 4. The van der Waals surface area contributed by atoms with Gasteiger partial charge in [-0.15, -0.1) is 0 Å². The van der Waals surface area contributed by atoms with Crippen LogP contribution in [0.15, 0.2) is 18.2 Å². The van der Waals surface area contributed by atoms with Gasteiger partial charge in [0.1, 0.15) is 0 Å². The summed E-state index contributed by atoms with van der Waals surface area (Å²) in [6, 6.07) is 3.68. The summed E-state index contributed by atoms with van der Waals surface area (Å²) >= 11 is 12.1. The molecule has 15 heavy (non-hydrogen) atoms. The normalized spacial score (nSPS) is 10.9. The third kappa shape index (κ3) is 3.15. The van der Waals surface area contributed by atoms with Crippen LogP contribution in [0.4, 0.5) is 0 Å². The molecule has 0 aliphatic heterocycles. The van der Waals surface area contributed by atoms with Crippen molar-refractivity contribution in [2.45, 2.75) is 19.8 Å². The molecule has 0 radical (unpaired) electrons. The largest absolute Gasteiger partial charge is 0.494 e. The molecule has 0 spiro atoms. The Morgan fingerprint density at radius 2 is 2.07 bits per heavy atom. The lowest BCUT2D eigenvalue weighted by Crippen LogP contribution is -1.87. The molecule has 0 saturated carbocycles. The maximum atomic E-state index is 6.13. The number of allylic oxidation sites excluding steroid dienone is 1. The highest BCUT2D eigenvalue weighted by Gasteiger charge is 2.08. The maximum absolute atomic E-state index is 6.13. The average Bonchev–Trinajstić information content (AvgIpc) is 2.22. The molecule has 1 aromatic rings. The van der Waals surface area contributed by atoms with E-state index in [2.05, 4.69) is 13.0 Å². The highest BCUT2D eigenvalue weighted by molar-refractivity contribution is 6.38. The highest BCUT2D eigenvalue weighted by atomic mass is 35.5. The second kappa shape index (κ2) is 6.04. The third-order valence-electron chi connectivity index (χ3n) is 2.04. The zero-order chi connectivity index (χ0) is 11.3. The van der Waals surface area contributed by atoms with Gasteiger partial charge < -0.3 is 4.74 Å². The topological polar surface area (TPSA) is 9.23 Å². The van der Waals surface area contributed by atoms with Gasteiger partial charge in [0, 0.05) is 0 Å². The van der Waals surface area contributed by atoms with Gasteiger partial charge in [0.25, 0.3) is 0 Å². The van der Waals surface area contributed by atoms with Gasteiger partial charge in [-0.2, -0.15) is 0 Å². The van der Waals surface area contributed by atoms with E-state index in [4.69, 9.17) is 27.9 Å². The molecule has 0 aliphatic rings. The SMILES string of the molecule is CCC/C=C/c1ccc(Cl)c(OC)c1Cl. The predicted molar refractivity (Wildman–Crippen MR) is 67.0 cm³/mol. The highest BCUT2D eigenvalue weighted by Crippen LogP contribution is 2.35. The van der Waals surface area contributed by atoms with Crippen LogP contribution in [0, 0.1) is 0 Å². The standard InChI is InChI=1S/C12H14Cl2O/c1-3-4-5-6-9-7-8-10(13)12(15-2)11(9)14/h5-8H,3-4H2,1-2H3/b6-5+. The molecular weight excluding hydrogens is 231 g/mol. The van der Waals surface area contributed by atoms with Crippen LogP contribution in [0.2, 0.25) is 10.0 Å². The van der Waals surface area contributed by atoms with Gasteiger partial charge in [-0.25, -0.2) is 0 Å². The van der Waals surface area contributed by atoms with Crippen molar-refractivity contribution in [3.05, 3.63) is 33.8 Å². The smallest absolute Gasteiger partial charge is 0.156 e. The fourth-order valence-corrected chi connectivity index (χ4v) is 1.83. The van der Waals surface area contributed by atoms with E-state index >= 15 is 0 Å². The number of benzene rings is 1. The molecular formula is C12H14Cl2O. The van der Waals surface area contributed by atoms with Crippen molar-refractivity contribution in [3.8, 4) is 5.75 Å². The van der Waals surface area contributed by atoms with Crippen molar-refractivity contribution in [2.24, 2.45) is 0 Å². The first kappa shape index (κ1) is 12.4. The molecule has 1 rings (SSSR count). The Hall–Kier alpha value is -0.660. The van der Waals surface area contributed by atoms with E-state index in [0.717, 1.165) is 18.4 Å². The van der Waals surface area contributed by atoms with E-state index in [1.165, 1.54) is 0 Å². The van der Waals surface area contributed by atoms with E-state index in [-0.39, 0.29) is 0 Å². The van der Waals surface area contributed by atoms with Crippen LogP contribution in [0.1, 0.15) is 25.3 Å². The van der Waals surface area contributed by atoms with Crippen molar-refractivity contribution in [3.63, 3.8) is 0 Å². The lowest BCUT2D eigenvalue weighted by atomic mass is 10.1. The Morgan fingerprint density at radius 1 is 1.33 bits per heavy atom. The summed E-state index contributed by atoms with van der Waals surface area (Å²) in [7, 11) is 1.56. The lowest BCUT2D eigenvalue weighted by Gasteiger charge is -2.07. The zero-order valence-electron chi connectivity index (χ0n) is 8.89. The summed E-state index contributed by atoms with van der Waals surface area (Å²) in [6.07, 6.45) is 6.25. The molecule has 1 aromatic carbocycles. The first-order valence-corrected chi connectivity index (χ1v) is 5.64. The molecule has 1 nitrogen and oxygen atoms in total. The molecule has 0 amide bonds. The number of methoxy groups -OCH3 is 1. The molecule has 0 fully saturated rings. The summed E-state index contributed by atoms with van der Waals surface area (Å²) in [5.74, 6) is 0.539. The predicted octanol–water partition coefficient (Wildman–Crippen LogP) is 4.82. The third-order valence-corrected chi connectivity index (χ3v) is 2.72. The molecule has 0 atom stereocenters. The number of ether oxygens (including phenoxy) is 1. The van der Waals surface area contributed by atoms with E-state index in [9.17, 15) is 0 Å². The average molecular weight is 245 g/mol. The van der Waals surface area contributed by atoms with Crippen molar-refractivity contribution in [2.75, 3.05) is 7.11 Å². The van der Waals surface area contributed by atoms with Gasteiger partial charge >= 0.3 is 0 Å². The van der Waals surface area contributed by atoms with Gasteiger partial charge in [0.2, 0.25) is 0 Å². The first-order chi connectivity index (χ1) is 7.20. The fourth-order valence-electron chi connectivity index (χ4n) is 1.24. The van der Waals surface area contributed by atoms with Crippen LogP contribution >= 0.6 is 23.2 Å². The molecule has 0 saturated heterocycles. The number of hydrogen-bond acceptors (Lipinski definition) is 1. The summed E-state index contributed by atoms with van der Waals surface area (Å²) in [4.78, 5) is 0. The second-order valence-corrected chi connectivity index (χ2v) is 3.96. The van der Waals surface area contributed by atoms with Crippen LogP contribution in [0.25, 0.3) is 6.08 Å². The minimum atomic E-state index is 0.537. The van der Waals surface area contributed by atoms with Crippen LogP contribution in [0.3, 0.4) is 0 Å². The van der Waals surface area contributed by atoms with Gasteiger partial charge in [0.15, 0.2) is 5.75 Å².